The molecule has 0 heterocycles. The summed E-state index contributed by atoms with van der Waals surface area (Å²) in [7, 11) is 0. The fraction of sp³-hybridized carbons (Fsp3) is 0.588. The van der Waals surface area contributed by atoms with Gasteiger partial charge in [0.1, 0.15) is 0 Å². The molecule has 1 saturated carbocycles. The number of hydrogen-bond acceptors (Lipinski definition) is 3. The third kappa shape index (κ3) is 4.87. The molecule has 7 heteroatoms. The van der Waals surface area contributed by atoms with E-state index in [1.807, 2.05) is 6.92 Å². The highest BCUT2D eigenvalue weighted by atomic mass is 19.4. The van der Waals surface area contributed by atoms with Gasteiger partial charge in [0, 0.05) is 18.5 Å². The van der Waals surface area contributed by atoms with E-state index < -0.39 is 11.7 Å². The molecule has 24 heavy (non-hydrogen) atoms. The fourth-order valence-corrected chi connectivity index (χ4v) is 2.87. The van der Waals surface area contributed by atoms with Crippen LogP contribution in [0.25, 0.3) is 0 Å². The van der Waals surface area contributed by atoms with Crippen molar-refractivity contribution in [2.24, 2.45) is 11.7 Å². The summed E-state index contributed by atoms with van der Waals surface area (Å²) in [6.45, 7) is 2.67. The van der Waals surface area contributed by atoms with E-state index in [9.17, 15) is 18.0 Å². The van der Waals surface area contributed by atoms with Crippen molar-refractivity contribution >= 4 is 17.3 Å². The van der Waals surface area contributed by atoms with Crippen LogP contribution in [0, 0.1) is 5.92 Å². The first-order chi connectivity index (χ1) is 11.3. The Morgan fingerprint density at radius 3 is 2.62 bits per heavy atom. The summed E-state index contributed by atoms with van der Waals surface area (Å²) in [6, 6.07) is 3.37. The van der Waals surface area contributed by atoms with Crippen molar-refractivity contribution in [3.63, 3.8) is 0 Å². The SMILES string of the molecule is CCCCNc1ccc(C(F)(F)F)cc1NC(=O)C1CCC(N)C1. The number of amides is 1. The lowest BCUT2D eigenvalue weighted by Gasteiger charge is -2.17. The first kappa shape index (κ1) is 18.6. The first-order valence-corrected chi connectivity index (χ1v) is 8.32. The van der Waals surface area contributed by atoms with Crippen LogP contribution in [-0.4, -0.2) is 18.5 Å². The second-order valence-electron chi connectivity index (χ2n) is 6.30. The second kappa shape index (κ2) is 7.88. The number of nitrogens with two attached hydrogens (primary N) is 1. The number of anilines is 2. The predicted molar refractivity (Wildman–Crippen MR) is 88.8 cm³/mol. The lowest BCUT2D eigenvalue weighted by Crippen LogP contribution is -2.24. The number of nitrogens with one attached hydrogen (secondary N) is 2. The largest absolute Gasteiger partial charge is 0.416 e. The summed E-state index contributed by atoms with van der Waals surface area (Å²) in [5.41, 5.74) is 5.71. The average molecular weight is 343 g/mol. The van der Waals surface area contributed by atoms with Crippen LogP contribution >= 0.6 is 0 Å². The van der Waals surface area contributed by atoms with Crippen LogP contribution < -0.4 is 16.4 Å². The normalized spacial score (nSPS) is 20.9. The van der Waals surface area contributed by atoms with Gasteiger partial charge in [-0.05, 0) is 43.9 Å². The zero-order chi connectivity index (χ0) is 17.7. The molecule has 0 bridgehead atoms. The molecule has 2 atom stereocenters. The highest BCUT2D eigenvalue weighted by Gasteiger charge is 2.32. The Bertz CT molecular complexity index is 575. The van der Waals surface area contributed by atoms with Crippen LogP contribution in [0.4, 0.5) is 24.5 Å². The van der Waals surface area contributed by atoms with Crippen LogP contribution in [-0.2, 0) is 11.0 Å². The third-order valence-electron chi connectivity index (χ3n) is 4.29. The van der Waals surface area contributed by atoms with E-state index in [0.717, 1.165) is 31.4 Å². The van der Waals surface area contributed by atoms with Crippen LogP contribution in [0.2, 0.25) is 0 Å². The smallest absolute Gasteiger partial charge is 0.383 e. The number of unbranched alkanes of at least 4 members (excludes halogenated alkanes) is 1. The topological polar surface area (TPSA) is 67.1 Å². The zero-order valence-electron chi connectivity index (χ0n) is 13.7. The van der Waals surface area contributed by atoms with Crippen molar-refractivity contribution in [2.45, 2.75) is 51.2 Å². The Morgan fingerprint density at radius 2 is 2.04 bits per heavy atom. The van der Waals surface area contributed by atoms with Crippen molar-refractivity contribution in [2.75, 3.05) is 17.2 Å². The quantitative estimate of drug-likeness (QED) is 0.684. The number of benzene rings is 1. The number of carbonyl (C=O) groups is 1. The van der Waals surface area contributed by atoms with Gasteiger partial charge in [-0.3, -0.25) is 4.79 Å². The van der Waals surface area contributed by atoms with Gasteiger partial charge in [-0.2, -0.15) is 13.2 Å². The van der Waals surface area contributed by atoms with Crippen molar-refractivity contribution < 1.29 is 18.0 Å². The Kier molecular flexibility index (Phi) is 6.10. The van der Waals surface area contributed by atoms with E-state index in [2.05, 4.69) is 10.6 Å². The number of rotatable bonds is 6. The minimum absolute atomic E-state index is 0.00981. The van der Waals surface area contributed by atoms with Gasteiger partial charge in [-0.15, -0.1) is 0 Å². The highest BCUT2D eigenvalue weighted by Crippen LogP contribution is 2.35. The minimum Gasteiger partial charge on any atom is -0.383 e. The molecule has 4 N–H and O–H groups in total. The molecule has 0 radical (unpaired) electrons. The lowest BCUT2D eigenvalue weighted by molar-refractivity contribution is -0.137. The number of halogens is 3. The molecule has 2 unspecified atom stereocenters. The molecule has 0 aliphatic heterocycles. The number of hydrogen-bond donors (Lipinski definition) is 3. The molecule has 1 aromatic carbocycles. The monoisotopic (exact) mass is 343 g/mol. The molecule has 1 aromatic rings. The first-order valence-electron chi connectivity index (χ1n) is 8.32. The van der Waals surface area contributed by atoms with Crippen molar-refractivity contribution in [1.82, 2.24) is 0 Å². The van der Waals surface area contributed by atoms with Crippen LogP contribution in [0.3, 0.4) is 0 Å². The summed E-state index contributed by atoms with van der Waals surface area (Å²) in [5, 5.41) is 5.75. The van der Waals surface area contributed by atoms with Gasteiger partial charge in [-0.1, -0.05) is 13.3 Å². The van der Waals surface area contributed by atoms with E-state index in [4.69, 9.17) is 5.73 Å². The van der Waals surface area contributed by atoms with Crippen molar-refractivity contribution in [1.29, 1.82) is 0 Å². The van der Waals surface area contributed by atoms with Crippen LogP contribution in [0.1, 0.15) is 44.6 Å². The molecule has 0 saturated heterocycles. The summed E-state index contributed by atoms with van der Waals surface area (Å²) in [6.07, 6.45) is -0.575. The van der Waals surface area contributed by atoms with Crippen molar-refractivity contribution in [3.05, 3.63) is 23.8 Å². The van der Waals surface area contributed by atoms with Gasteiger partial charge < -0.3 is 16.4 Å². The zero-order valence-corrected chi connectivity index (χ0v) is 13.7. The van der Waals surface area contributed by atoms with Gasteiger partial charge in [0.25, 0.3) is 0 Å². The maximum Gasteiger partial charge on any atom is 0.416 e. The van der Waals surface area contributed by atoms with E-state index in [1.165, 1.54) is 6.07 Å². The molecule has 134 valence electrons. The summed E-state index contributed by atoms with van der Waals surface area (Å²) in [4.78, 5) is 12.3. The molecular formula is C17H24F3N3O. The summed E-state index contributed by atoms with van der Waals surface area (Å²) >= 11 is 0. The lowest BCUT2D eigenvalue weighted by atomic mass is 10.1. The average Bonchev–Trinajstić information content (AvgIpc) is 2.94. The maximum atomic E-state index is 12.9. The highest BCUT2D eigenvalue weighted by molar-refractivity contribution is 5.96. The molecule has 1 aliphatic rings. The van der Waals surface area contributed by atoms with Gasteiger partial charge in [0.15, 0.2) is 0 Å². The molecule has 0 spiro atoms. The Labute approximate surface area is 140 Å². The standard InChI is InChI=1S/C17H24F3N3O/c1-2-3-8-22-14-7-5-12(17(18,19)20)10-15(14)23-16(24)11-4-6-13(21)9-11/h5,7,10-11,13,22H,2-4,6,8-9,21H2,1H3,(H,23,24). The van der Waals surface area contributed by atoms with Crippen LogP contribution in [0.15, 0.2) is 18.2 Å². The van der Waals surface area contributed by atoms with Crippen molar-refractivity contribution in [3.8, 4) is 0 Å². The maximum absolute atomic E-state index is 12.9. The molecule has 1 aliphatic carbocycles. The van der Waals surface area contributed by atoms with Gasteiger partial charge in [-0.25, -0.2) is 0 Å². The third-order valence-corrected chi connectivity index (χ3v) is 4.29. The molecule has 1 fully saturated rings. The Hall–Kier alpha value is -1.76. The summed E-state index contributed by atoms with van der Waals surface area (Å²) < 4.78 is 38.8. The van der Waals surface area contributed by atoms with Crippen LogP contribution in [0.5, 0.6) is 0 Å². The molecule has 2 rings (SSSR count). The fourth-order valence-electron chi connectivity index (χ4n) is 2.87. The van der Waals surface area contributed by atoms with E-state index in [-0.39, 0.29) is 23.6 Å². The number of carbonyl (C=O) groups excluding carboxylic acids is 1. The van der Waals surface area contributed by atoms with E-state index >= 15 is 0 Å². The van der Waals surface area contributed by atoms with Gasteiger partial charge in [0.2, 0.25) is 5.91 Å². The molecule has 1 amide bonds. The minimum atomic E-state index is -4.45. The predicted octanol–water partition coefficient (Wildman–Crippen LogP) is 3.98. The van der Waals surface area contributed by atoms with E-state index in [1.54, 1.807) is 0 Å². The number of alkyl halides is 3. The second-order valence-corrected chi connectivity index (χ2v) is 6.30. The molecule has 0 aromatic heterocycles. The van der Waals surface area contributed by atoms with Gasteiger partial charge >= 0.3 is 6.18 Å². The Balaban J connectivity index is 2.17. The summed E-state index contributed by atoms with van der Waals surface area (Å²) in [5.74, 6) is -0.501. The molecule has 4 nitrogen and oxygen atoms in total. The van der Waals surface area contributed by atoms with Gasteiger partial charge in [0.05, 0.1) is 16.9 Å². The Morgan fingerprint density at radius 1 is 1.29 bits per heavy atom. The van der Waals surface area contributed by atoms with E-state index in [0.29, 0.717) is 25.1 Å². The molecular weight excluding hydrogens is 319 g/mol.